The van der Waals surface area contributed by atoms with Crippen LogP contribution in [0.4, 0.5) is 0 Å². The Morgan fingerprint density at radius 2 is 2.07 bits per heavy atom. The maximum Gasteiger partial charge on any atom is 0.256 e. The van der Waals surface area contributed by atoms with E-state index in [0.717, 1.165) is 12.8 Å². The zero-order chi connectivity index (χ0) is 10.3. The summed E-state index contributed by atoms with van der Waals surface area (Å²) in [5.41, 5.74) is 0.538. The van der Waals surface area contributed by atoms with Gasteiger partial charge in [-0.1, -0.05) is 0 Å². The largest absolute Gasteiger partial charge is 0.381 e. The van der Waals surface area contributed by atoms with Gasteiger partial charge in [-0.3, -0.25) is 14.5 Å². The number of nitrogens with zero attached hydrogens (tertiary/aromatic N) is 1. The van der Waals surface area contributed by atoms with E-state index in [-0.39, 0.29) is 24.0 Å². The molecular weight excluding hydrogens is 182 g/mol. The van der Waals surface area contributed by atoms with E-state index < -0.39 is 0 Å². The molecule has 0 aromatic carbocycles. The summed E-state index contributed by atoms with van der Waals surface area (Å²) in [5.74, 6) is -0.318. The number of hydrogen-bond acceptors (Lipinski definition) is 3. The van der Waals surface area contributed by atoms with Crippen LogP contribution in [0, 0.1) is 0 Å². The second kappa shape index (κ2) is 3.20. The summed E-state index contributed by atoms with van der Waals surface area (Å²) in [6.07, 6.45) is 3.16. The molecule has 1 fully saturated rings. The topological polar surface area (TPSA) is 46.6 Å². The van der Waals surface area contributed by atoms with Crippen LogP contribution in [0.2, 0.25) is 0 Å². The van der Waals surface area contributed by atoms with Crippen molar-refractivity contribution in [2.24, 2.45) is 0 Å². The highest BCUT2D eigenvalue weighted by Gasteiger charge is 2.41. The van der Waals surface area contributed by atoms with Crippen LogP contribution in [0.5, 0.6) is 0 Å². The number of carbonyl (C=O) groups is 2. The summed E-state index contributed by atoms with van der Waals surface area (Å²) in [4.78, 5) is 24.3. The lowest BCUT2D eigenvalue weighted by atomic mass is 9.88. The minimum Gasteiger partial charge on any atom is -0.381 e. The monoisotopic (exact) mass is 195 g/mol. The van der Waals surface area contributed by atoms with E-state index in [1.165, 1.54) is 11.0 Å². The summed E-state index contributed by atoms with van der Waals surface area (Å²) < 4.78 is 5.11. The lowest BCUT2D eigenvalue weighted by Gasteiger charge is -2.39. The smallest absolute Gasteiger partial charge is 0.256 e. The quantitative estimate of drug-likeness (QED) is 0.602. The summed E-state index contributed by atoms with van der Waals surface area (Å²) in [5, 5.41) is 0. The third kappa shape index (κ3) is 1.26. The lowest BCUT2D eigenvalue weighted by molar-refractivity contribution is -0.145. The van der Waals surface area contributed by atoms with E-state index in [1.807, 2.05) is 0 Å². The third-order valence-corrected chi connectivity index (χ3v) is 2.90. The summed E-state index contributed by atoms with van der Waals surface area (Å²) in [6, 6.07) is 0.0497. The van der Waals surface area contributed by atoms with Crippen LogP contribution in [0.15, 0.2) is 11.6 Å². The predicted octanol–water partition coefficient (Wildman–Crippen LogP) is 0.479. The van der Waals surface area contributed by atoms with Crippen LogP contribution in [0.1, 0.15) is 19.8 Å². The number of hydrogen-bond donors (Lipinski definition) is 0. The van der Waals surface area contributed by atoms with Gasteiger partial charge in [-0.25, -0.2) is 0 Å². The molecular formula is C10H13NO3. The number of amides is 2. The fraction of sp³-hybridized carbons (Fsp3) is 0.600. The summed E-state index contributed by atoms with van der Waals surface area (Å²) in [7, 11) is 1.65. The Balaban J connectivity index is 2.01. The predicted molar refractivity (Wildman–Crippen MR) is 49.4 cm³/mol. The van der Waals surface area contributed by atoms with Crippen LogP contribution >= 0.6 is 0 Å². The van der Waals surface area contributed by atoms with Crippen molar-refractivity contribution in [3.63, 3.8) is 0 Å². The van der Waals surface area contributed by atoms with Gasteiger partial charge in [0, 0.05) is 24.8 Å². The maximum absolute atomic E-state index is 11.5. The molecule has 14 heavy (non-hydrogen) atoms. The number of ether oxygens (including phenoxy) is 1. The van der Waals surface area contributed by atoms with Gasteiger partial charge in [0.25, 0.3) is 11.8 Å². The molecule has 4 nitrogen and oxygen atoms in total. The Labute approximate surface area is 82.5 Å². The molecule has 0 N–H and O–H groups in total. The molecule has 0 bridgehead atoms. The van der Waals surface area contributed by atoms with Crippen molar-refractivity contribution >= 4 is 11.8 Å². The van der Waals surface area contributed by atoms with Gasteiger partial charge < -0.3 is 4.74 Å². The molecule has 76 valence electrons. The molecule has 2 rings (SSSR count). The van der Waals surface area contributed by atoms with Gasteiger partial charge in [0.1, 0.15) is 0 Å². The van der Waals surface area contributed by atoms with Crippen molar-refractivity contribution in [1.29, 1.82) is 0 Å². The first kappa shape index (κ1) is 9.40. The Morgan fingerprint density at radius 1 is 1.43 bits per heavy atom. The molecule has 0 radical (unpaired) electrons. The Bertz CT molecular complexity index is 315. The first-order chi connectivity index (χ1) is 6.63. The van der Waals surface area contributed by atoms with Gasteiger partial charge in [0.2, 0.25) is 0 Å². The standard InChI is InChI=1S/C10H13NO3/c1-6-3-9(12)11(10(6)13)7-4-8(5-7)14-2/h3,7-8H,4-5H2,1-2H3. The summed E-state index contributed by atoms with van der Waals surface area (Å²) >= 11 is 0. The van der Waals surface area contributed by atoms with Crippen molar-refractivity contribution in [3.05, 3.63) is 11.6 Å². The molecule has 0 saturated heterocycles. The highest BCUT2D eigenvalue weighted by atomic mass is 16.5. The average molecular weight is 195 g/mol. The van der Waals surface area contributed by atoms with Gasteiger partial charge in [-0.2, -0.15) is 0 Å². The lowest BCUT2D eigenvalue weighted by Crippen LogP contribution is -2.50. The van der Waals surface area contributed by atoms with Crippen molar-refractivity contribution in [2.75, 3.05) is 7.11 Å². The van der Waals surface area contributed by atoms with Gasteiger partial charge in [-0.15, -0.1) is 0 Å². The maximum atomic E-state index is 11.5. The van der Waals surface area contributed by atoms with Crippen LogP contribution in [0.3, 0.4) is 0 Å². The van der Waals surface area contributed by atoms with Gasteiger partial charge in [0.15, 0.2) is 0 Å². The molecule has 1 heterocycles. The van der Waals surface area contributed by atoms with Gasteiger partial charge in [0.05, 0.1) is 6.10 Å². The van der Waals surface area contributed by atoms with E-state index in [4.69, 9.17) is 4.74 Å². The number of methoxy groups -OCH3 is 1. The molecule has 2 aliphatic rings. The summed E-state index contributed by atoms with van der Waals surface area (Å²) in [6.45, 7) is 1.67. The minimum absolute atomic E-state index is 0.0497. The molecule has 1 saturated carbocycles. The molecule has 0 atom stereocenters. The van der Waals surface area contributed by atoms with Crippen LogP contribution in [0.25, 0.3) is 0 Å². The van der Waals surface area contributed by atoms with Gasteiger partial charge in [-0.05, 0) is 19.8 Å². The number of imide groups is 1. The molecule has 0 unspecified atom stereocenters. The zero-order valence-corrected chi connectivity index (χ0v) is 8.32. The zero-order valence-electron chi connectivity index (χ0n) is 8.32. The third-order valence-electron chi connectivity index (χ3n) is 2.90. The SMILES string of the molecule is COC1CC(N2C(=O)C=C(C)C2=O)C1. The molecule has 1 aliphatic heterocycles. The first-order valence-electron chi connectivity index (χ1n) is 4.72. The van der Waals surface area contributed by atoms with Crippen LogP contribution in [-0.4, -0.2) is 36.0 Å². The second-order valence-corrected chi connectivity index (χ2v) is 3.82. The average Bonchev–Trinajstić information content (AvgIpc) is 2.29. The van der Waals surface area contributed by atoms with E-state index in [1.54, 1.807) is 14.0 Å². The normalized spacial score (nSPS) is 31.9. The van der Waals surface area contributed by atoms with E-state index >= 15 is 0 Å². The minimum atomic E-state index is -0.174. The van der Waals surface area contributed by atoms with E-state index in [9.17, 15) is 9.59 Å². The molecule has 1 aliphatic carbocycles. The van der Waals surface area contributed by atoms with Crippen molar-refractivity contribution in [2.45, 2.75) is 31.9 Å². The number of rotatable bonds is 2. The van der Waals surface area contributed by atoms with Crippen LogP contribution in [-0.2, 0) is 14.3 Å². The first-order valence-corrected chi connectivity index (χ1v) is 4.72. The van der Waals surface area contributed by atoms with E-state index in [0.29, 0.717) is 5.57 Å². The molecule has 2 amide bonds. The molecule has 4 heteroatoms. The van der Waals surface area contributed by atoms with Crippen molar-refractivity contribution in [1.82, 2.24) is 4.90 Å². The fourth-order valence-corrected chi connectivity index (χ4v) is 1.89. The Kier molecular flexibility index (Phi) is 2.15. The highest BCUT2D eigenvalue weighted by Crippen LogP contribution is 2.31. The Hall–Kier alpha value is -1.16. The van der Waals surface area contributed by atoms with Crippen LogP contribution < -0.4 is 0 Å². The fourth-order valence-electron chi connectivity index (χ4n) is 1.89. The number of carbonyl (C=O) groups excluding carboxylic acids is 2. The molecule has 0 aromatic heterocycles. The van der Waals surface area contributed by atoms with E-state index in [2.05, 4.69) is 0 Å². The Morgan fingerprint density at radius 3 is 2.50 bits per heavy atom. The van der Waals surface area contributed by atoms with Crippen molar-refractivity contribution in [3.8, 4) is 0 Å². The highest BCUT2D eigenvalue weighted by molar-refractivity contribution is 6.16. The molecule has 0 spiro atoms. The van der Waals surface area contributed by atoms with Gasteiger partial charge >= 0.3 is 0 Å². The van der Waals surface area contributed by atoms with Crippen molar-refractivity contribution < 1.29 is 14.3 Å². The second-order valence-electron chi connectivity index (χ2n) is 3.82. The molecule has 0 aromatic rings.